The summed E-state index contributed by atoms with van der Waals surface area (Å²) >= 11 is 2.18. The number of benzene rings is 2. The highest BCUT2D eigenvalue weighted by atomic mass is 127. The Bertz CT molecular complexity index is 1230. The molecular formula is C18H15IN4O3S. The van der Waals surface area contributed by atoms with Crippen molar-refractivity contribution in [1.82, 2.24) is 15.1 Å². The third-order valence-electron chi connectivity index (χ3n) is 4.15. The predicted octanol–water partition coefficient (Wildman–Crippen LogP) is 4.24. The molecule has 0 unspecified atom stereocenters. The number of halogens is 1. The smallest absolute Gasteiger partial charge is 0.264 e. The van der Waals surface area contributed by atoms with Crippen molar-refractivity contribution < 1.29 is 12.9 Å². The van der Waals surface area contributed by atoms with Gasteiger partial charge in [0.1, 0.15) is 11.3 Å². The average Bonchev–Trinajstić information content (AvgIpc) is 3.18. The number of nitrogens with zero attached hydrogens (tertiary/aromatic N) is 2. The first-order valence-electron chi connectivity index (χ1n) is 8.05. The van der Waals surface area contributed by atoms with Crippen molar-refractivity contribution in [3.63, 3.8) is 0 Å². The maximum absolute atomic E-state index is 12.5. The zero-order valence-electron chi connectivity index (χ0n) is 14.4. The van der Waals surface area contributed by atoms with E-state index < -0.39 is 10.0 Å². The van der Waals surface area contributed by atoms with Crippen molar-refractivity contribution in [2.45, 2.75) is 18.7 Å². The molecular weight excluding hydrogens is 479 g/mol. The Balaban J connectivity index is 1.76. The zero-order chi connectivity index (χ0) is 19.2. The summed E-state index contributed by atoms with van der Waals surface area (Å²) in [6, 6.07) is 12.1. The van der Waals surface area contributed by atoms with Gasteiger partial charge >= 0.3 is 0 Å². The van der Waals surface area contributed by atoms with Crippen LogP contribution in [0.3, 0.4) is 0 Å². The number of aromatic amines is 1. The van der Waals surface area contributed by atoms with Gasteiger partial charge in [0, 0.05) is 9.13 Å². The summed E-state index contributed by atoms with van der Waals surface area (Å²) in [7, 11) is -3.71. The van der Waals surface area contributed by atoms with Crippen LogP contribution in [0.2, 0.25) is 0 Å². The van der Waals surface area contributed by atoms with Crippen molar-refractivity contribution >= 4 is 49.6 Å². The minimum Gasteiger partial charge on any atom is -0.361 e. The van der Waals surface area contributed by atoms with Crippen LogP contribution in [-0.4, -0.2) is 23.5 Å². The quantitative estimate of drug-likeness (QED) is 0.414. The van der Waals surface area contributed by atoms with Crippen molar-refractivity contribution in [2.24, 2.45) is 0 Å². The van der Waals surface area contributed by atoms with E-state index in [1.807, 2.05) is 26.0 Å². The summed E-state index contributed by atoms with van der Waals surface area (Å²) in [6.07, 6.45) is 0. The van der Waals surface area contributed by atoms with Crippen LogP contribution in [0.4, 0.5) is 5.95 Å². The number of aryl methyl sites for hydroxylation is 2. The maximum atomic E-state index is 12.5. The van der Waals surface area contributed by atoms with Gasteiger partial charge in [-0.25, -0.2) is 18.1 Å². The predicted molar refractivity (Wildman–Crippen MR) is 111 cm³/mol. The number of fused-ring (bicyclic) bond motifs is 1. The molecule has 27 heavy (non-hydrogen) atoms. The van der Waals surface area contributed by atoms with Crippen LogP contribution in [0.25, 0.3) is 22.2 Å². The number of sulfonamides is 1. The molecule has 9 heteroatoms. The molecule has 0 saturated heterocycles. The number of imidazole rings is 1. The fourth-order valence-corrected chi connectivity index (χ4v) is 4.68. The lowest BCUT2D eigenvalue weighted by Gasteiger charge is -2.04. The normalized spacial score (nSPS) is 11.8. The number of rotatable bonds is 4. The third kappa shape index (κ3) is 3.32. The van der Waals surface area contributed by atoms with E-state index in [2.05, 4.69) is 42.4 Å². The number of anilines is 1. The van der Waals surface area contributed by atoms with Crippen LogP contribution < -0.4 is 4.72 Å². The highest BCUT2D eigenvalue weighted by molar-refractivity contribution is 14.1. The van der Waals surface area contributed by atoms with Crippen LogP contribution in [0.15, 0.2) is 51.9 Å². The monoisotopic (exact) mass is 494 g/mol. The summed E-state index contributed by atoms with van der Waals surface area (Å²) < 4.78 is 33.7. The average molecular weight is 494 g/mol. The van der Waals surface area contributed by atoms with Gasteiger partial charge in [-0.3, -0.25) is 0 Å². The molecule has 7 nitrogen and oxygen atoms in total. The molecule has 0 spiro atoms. The number of nitrogens with one attached hydrogen (secondary N) is 2. The lowest BCUT2D eigenvalue weighted by atomic mass is 10.0. The highest BCUT2D eigenvalue weighted by Crippen LogP contribution is 2.32. The van der Waals surface area contributed by atoms with Gasteiger partial charge in [0.25, 0.3) is 10.0 Å². The molecule has 0 saturated carbocycles. The SMILES string of the molecule is Cc1noc(C)c1-c1cc(I)c2nc(NS(=O)(=O)c3ccccc3)[nH]c2c1. The Hall–Kier alpha value is -2.40. The molecule has 4 rings (SSSR count). The molecule has 138 valence electrons. The first-order chi connectivity index (χ1) is 12.8. The Labute approximate surface area is 169 Å². The van der Waals surface area contributed by atoms with Gasteiger partial charge in [-0.15, -0.1) is 0 Å². The molecule has 2 aromatic carbocycles. The topological polar surface area (TPSA) is 101 Å². The van der Waals surface area contributed by atoms with E-state index in [9.17, 15) is 8.42 Å². The first kappa shape index (κ1) is 18.0. The van der Waals surface area contributed by atoms with Crippen LogP contribution in [0, 0.1) is 17.4 Å². The van der Waals surface area contributed by atoms with Crippen LogP contribution >= 0.6 is 22.6 Å². The third-order valence-corrected chi connectivity index (χ3v) is 6.32. The molecule has 4 aromatic rings. The Morgan fingerprint density at radius 3 is 2.56 bits per heavy atom. The Kier molecular flexibility index (Phi) is 4.42. The molecule has 0 aliphatic rings. The van der Waals surface area contributed by atoms with E-state index in [-0.39, 0.29) is 10.8 Å². The zero-order valence-corrected chi connectivity index (χ0v) is 17.4. The number of hydrogen-bond acceptors (Lipinski definition) is 5. The van der Waals surface area contributed by atoms with Crippen LogP contribution in [0.5, 0.6) is 0 Å². The molecule has 0 aliphatic carbocycles. The molecule has 0 amide bonds. The van der Waals surface area contributed by atoms with E-state index in [1.54, 1.807) is 18.2 Å². The number of aromatic nitrogens is 3. The van der Waals surface area contributed by atoms with Crippen molar-refractivity contribution in [2.75, 3.05) is 4.72 Å². The Morgan fingerprint density at radius 2 is 1.89 bits per heavy atom. The number of H-pyrrole nitrogens is 1. The second-order valence-corrected chi connectivity index (χ2v) is 8.90. The summed E-state index contributed by atoms with van der Waals surface area (Å²) in [4.78, 5) is 7.62. The van der Waals surface area contributed by atoms with Crippen molar-refractivity contribution in [3.05, 3.63) is 57.5 Å². The minimum atomic E-state index is -3.71. The molecule has 2 aromatic heterocycles. The highest BCUT2D eigenvalue weighted by Gasteiger charge is 2.18. The van der Waals surface area contributed by atoms with Crippen molar-refractivity contribution in [3.8, 4) is 11.1 Å². The van der Waals surface area contributed by atoms with Crippen LogP contribution in [-0.2, 0) is 10.0 Å². The fourth-order valence-electron chi connectivity index (χ4n) is 2.95. The first-order valence-corrected chi connectivity index (χ1v) is 10.6. The Morgan fingerprint density at radius 1 is 1.15 bits per heavy atom. The second kappa shape index (κ2) is 6.64. The lowest BCUT2D eigenvalue weighted by Crippen LogP contribution is -2.13. The molecule has 0 bridgehead atoms. The minimum absolute atomic E-state index is 0.169. The van der Waals surface area contributed by atoms with Crippen molar-refractivity contribution in [1.29, 1.82) is 0 Å². The summed E-state index contributed by atoms with van der Waals surface area (Å²) in [5.41, 5.74) is 4.08. The number of hydrogen-bond donors (Lipinski definition) is 2. The lowest BCUT2D eigenvalue weighted by molar-refractivity contribution is 0.393. The van der Waals surface area contributed by atoms with Gasteiger partial charge in [0.15, 0.2) is 0 Å². The van der Waals surface area contributed by atoms with Gasteiger partial charge in [-0.05, 0) is 66.3 Å². The van der Waals surface area contributed by atoms with Gasteiger partial charge in [0.05, 0.1) is 16.1 Å². The molecule has 0 aliphatic heterocycles. The van der Waals surface area contributed by atoms with Gasteiger partial charge in [-0.1, -0.05) is 23.4 Å². The molecule has 2 N–H and O–H groups in total. The molecule has 0 atom stereocenters. The van der Waals surface area contributed by atoms with E-state index in [1.165, 1.54) is 12.1 Å². The largest absolute Gasteiger partial charge is 0.361 e. The fraction of sp³-hybridized carbons (Fsp3) is 0.111. The summed E-state index contributed by atoms with van der Waals surface area (Å²) in [5, 5.41) is 3.99. The van der Waals surface area contributed by atoms with Gasteiger partial charge in [0.2, 0.25) is 5.95 Å². The summed E-state index contributed by atoms with van der Waals surface area (Å²) in [6.45, 7) is 3.74. The molecule has 0 radical (unpaired) electrons. The van der Waals surface area contributed by atoms with Gasteiger partial charge in [-0.2, -0.15) is 0 Å². The van der Waals surface area contributed by atoms with Crippen LogP contribution in [0.1, 0.15) is 11.5 Å². The standard InChI is InChI=1S/C18H15IN4O3S/c1-10-16(11(2)26-22-10)12-8-14(19)17-15(9-12)20-18(21-17)23-27(24,25)13-6-4-3-5-7-13/h3-9H,1-2H3,(H2,20,21,23). The van der Waals surface area contributed by atoms with Gasteiger partial charge < -0.3 is 9.51 Å². The van der Waals surface area contributed by atoms with E-state index in [0.717, 1.165) is 31.7 Å². The van der Waals surface area contributed by atoms with E-state index in [0.29, 0.717) is 5.52 Å². The maximum Gasteiger partial charge on any atom is 0.264 e. The molecule has 2 heterocycles. The summed E-state index contributed by atoms with van der Waals surface area (Å²) in [5.74, 6) is 0.898. The van der Waals surface area contributed by atoms with E-state index in [4.69, 9.17) is 4.52 Å². The molecule has 0 fully saturated rings. The second-order valence-electron chi connectivity index (χ2n) is 6.06. The van der Waals surface area contributed by atoms with E-state index >= 15 is 0 Å².